The Balaban J connectivity index is 2.22. The number of halogens is 2. The van der Waals surface area contributed by atoms with E-state index in [-0.39, 0.29) is 5.78 Å². The molecule has 3 nitrogen and oxygen atoms in total. The van der Waals surface area contributed by atoms with Gasteiger partial charge in [0.05, 0.1) is 15.1 Å². The number of ketones is 1. The molecular formula is C15H16Cl2N2OS. The third-order valence-corrected chi connectivity index (χ3v) is 4.70. The van der Waals surface area contributed by atoms with Crippen molar-refractivity contribution < 1.29 is 4.79 Å². The molecule has 0 saturated carbocycles. The number of nitrogens with zero attached hydrogens (tertiary/aromatic N) is 2. The number of thioether (sulfide) groups is 1. The monoisotopic (exact) mass is 342 g/mol. The lowest BCUT2D eigenvalue weighted by Crippen LogP contribution is -2.14. The van der Waals surface area contributed by atoms with E-state index in [4.69, 9.17) is 23.2 Å². The van der Waals surface area contributed by atoms with Crippen LogP contribution in [0.3, 0.4) is 0 Å². The van der Waals surface area contributed by atoms with Crippen molar-refractivity contribution in [3.8, 4) is 0 Å². The van der Waals surface area contributed by atoms with Gasteiger partial charge in [0.15, 0.2) is 5.78 Å². The fourth-order valence-electron chi connectivity index (χ4n) is 1.90. The summed E-state index contributed by atoms with van der Waals surface area (Å²) < 4.78 is 0. The summed E-state index contributed by atoms with van der Waals surface area (Å²) in [6.45, 7) is 4.87. The number of carbonyl (C=O) groups is 1. The predicted octanol–water partition coefficient (Wildman–Crippen LogP) is 5.20. The Morgan fingerprint density at radius 2 is 2.19 bits per heavy atom. The number of allylic oxidation sites excluding steroid dienone is 1. The Kier molecular flexibility index (Phi) is 5.73. The molecular weight excluding hydrogens is 327 g/mol. The molecule has 0 unspecified atom stereocenters. The van der Waals surface area contributed by atoms with Gasteiger partial charge in [-0.25, -0.2) is 0 Å². The molecule has 1 aliphatic heterocycles. The molecule has 21 heavy (non-hydrogen) atoms. The van der Waals surface area contributed by atoms with Crippen LogP contribution in [0.1, 0.15) is 37.0 Å². The first-order valence-corrected chi connectivity index (χ1v) is 8.30. The van der Waals surface area contributed by atoms with Crippen molar-refractivity contribution in [2.75, 3.05) is 6.54 Å². The fourth-order valence-corrected chi connectivity index (χ4v) is 3.14. The second-order valence-corrected chi connectivity index (χ2v) is 6.64. The van der Waals surface area contributed by atoms with Gasteiger partial charge in [-0.2, -0.15) is 5.10 Å². The summed E-state index contributed by atoms with van der Waals surface area (Å²) in [5.74, 6) is -0.156. The molecule has 1 aliphatic rings. The molecule has 1 heterocycles. The van der Waals surface area contributed by atoms with E-state index in [2.05, 4.69) is 12.0 Å². The van der Waals surface area contributed by atoms with Gasteiger partial charge in [0.1, 0.15) is 5.03 Å². The van der Waals surface area contributed by atoms with Gasteiger partial charge in [-0.3, -0.25) is 9.80 Å². The maximum atomic E-state index is 12.4. The maximum Gasteiger partial charge on any atom is 0.190 e. The van der Waals surface area contributed by atoms with E-state index in [9.17, 15) is 4.79 Å². The second-order valence-electron chi connectivity index (χ2n) is 4.65. The van der Waals surface area contributed by atoms with E-state index >= 15 is 0 Å². The normalized spacial score (nSPS) is 16.5. The van der Waals surface area contributed by atoms with Gasteiger partial charge in [0.2, 0.25) is 0 Å². The highest BCUT2D eigenvalue weighted by Crippen LogP contribution is 2.32. The van der Waals surface area contributed by atoms with Gasteiger partial charge in [-0.05, 0) is 25.5 Å². The Labute approximate surface area is 139 Å². The standard InChI is InChI=1S/C15H16Cl2N2OS/c1-3-4-8-19-14(21-10(2)18-19)9-13(20)11-6-5-7-12(16)15(11)17/h5-7,9H,3-4,8H2,1-2H3. The Bertz CT molecular complexity index is 614. The lowest BCUT2D eigenvalue weighted by molar-refractivity contribution is 0.104. The van der Waals surface area contributed by atoms with Crippen LogP contribution in [0.15, 0.2) is 34.4 Å². The van der Waals surface area contributed by atoms with Gasteiger partial charge in [0.25, 0.3) is 0 Å². The number of hydrogen-bond donors (Lipinski definition) is 0. The third kappa shape index (κ3) is 4.02. The molecule has 0 saturated heterocycles. The fraction of sp³-hybridized carbons (Fsp3) is 0.333. The highest BCUT2D eigenvalue weighted by Gasteiger charge is 2.20. The molecule has 2 rings (SSSR count). The van der Waals surface area contributed by atoms with Gasteiger partial charge < -0.3 is 0 Å². The number of carbonyl (C=O) groups excluding carboxylic acids is 1. The summed E-state index contributed by atoms with van der Waals surface area (Å²) >= 11 is 13.5. The Morgan fingerprint density at radius 1 is 1.43 bits per heavy atom. The summed E-state index contributed by atoms with van der Waals surface area (Å²) in [6, 6.07) is 5.06. The summed E-state index contributed by atoms with van der Waals surface area (Å²) in [6.07, 6.45) is 3.69. The molecule has 6 heteroatoms. The predicted molar refractivity (Wildman–Crippen MR) is 91.2 cm³/mol. The average molecular weight is 343 g/mol. The van der Waals surface area contributed by atoms with E-state index in [1.807, 2.05) is 11.9 Å². The Morgan fingerprint density at radius 3 is 2.90 bits per heavy atom. The molecule has 1 aromatic carbocycles. The minimum atomic E-state index is -0.156. The first-order chi connectivity index (χ1) is 10.0. The van der Waals surface area contributed by atoms with E-state index in [1.165, 1.54) is 11.8 Å². The number of rotatable bonds is 5. The van der Waals surface area contributed by atoms with Crippen molar-refractivity contribution in [3.63, 3.8) is 0 Å². The zero-order chi connectivity index (χ0) is 15.4. The van der Waals surface area contributed by atoms with E-state index < -0.39 is 0 Å². The van der Waals surface area contributed by atoms with Crippen LogP contribution < -0.4 is 0 Å². The highest BCUT2D eigenvalue weighted by molar-refractivity contribution is 8.17. The number of unbranched alkanes of at least 4 members (excludes halogenated alkanes) is 1. The van der Waals surface area contributed by atoms with E-state index in [0.717, 1.165) is 29.5 Å². The first-order valence-electron chi connectivity index (χ1n) is 6.73. The van der Waals surface area contributed by atoms with E-state index in [1.54, 1.807) is 24.3 Å². The van der Waals surface area contributed by atoms with Gasteiger partial charge in [-0.15, -0.1) is 0 Å². The molecule has 0 spiro atoms. The largest absolute Gasteiger partial charge is 0.289 e. The quantitative estimate of drug-likeness (QED) is 0.544. The summed E-state index contributed by atoms with van der Waals surface area (Å²) in [4.78, 5) is 12.4. The molecule has 112 valence electrons. The smallest absolute Gasteiger partial charge is 0.190 e. The van der Waals surface area contributed by atoms with Crippen molar-refractivity contribution in [1.29, 1.82) is 0 Å². The number of benzene rings is 1. The van der Waals surface area contributed by atoms with Crippen LogP contribution in [0.25, 0.3) is 0 Å². The Hall–Kier alpha value is -0.970. The zero-order valence-electron chi connectivity index (χ0n) is 11.9. The van der Waals surface area contributed by atoms with Gasteiger partial charge in [-0.1, -0.05) is 54.4 Å². The zero-order valence-corrected chi connectivity index (χ0v) is 14.2. The van der Waals surface area contributed by atoms with Crippen LogP contribution in [-0.2, 0) is 0 Å². The van der Waals surface area contributed by atoms with Crippen LogP contribution in [0.4, 0.5) is 0 Å². The van der Waals surface area contributed by atoms with Crippen LogP contribution >= 0.6 is 35.0 Å². The summed E-state index contributed by atoms with van der Waals surface area (Å²) in [5.41, 5.74) is 0.414. The minimum Gasteiger partial charge on any atom is -0.289 e. The highest BCUT2D eigenvalue weighted by atomic mass is 35.5. The average Bonchev–Trinajstić information content (AvgIpc) is 2.79. The summed E-state index contributed by atoms with van der Waals surface area (Å²) in [7, 11) is 0. The molecule has 0 aromatic heterocycles. The van der Waals surface area contributed by atoms with Crippen LogP contribution in [0, 0.1) is 0 Å². The molecule has 0 fully saturated rings. The second kappa shape index (κ2) is 7.34. The molecule has 0 N–H and O–H groups in total. The first kappa shape index (κ1) is 16.4. The lowest BCUT2D eigenvalue weighted by Gasteiger charge is -2.14. The van der Waals surface area contributed by atoms with Crippen LogP contribution in [0.5, 0.6) is 0 Å². The molecule has 0 atom stereocenters. The molecule has 0 radical (unpaired) electrons. The minimum absolute atomic E-state index is 0.156. The number of hydrogen-bond acceptors (Lipinski definition) is 4. The maximum absolute atomic E-state index is 12.4. The van der Waals surface area contributed by atoms with E-state index in [0.29, 0.717) is 15.6 Å². The van der Waals surface area contributed by atoms with Crippen molar-refractivity contribution in [3.05, 3.63) is 44.9 Å². The van der Waals surface area contributed by atoms with Crippen LogP contribution in [-0.4, -0.2) is 22.4 Å². The molecule has 0 amide bonds. The molecule has 0 aliphatic carbocycles. The number of hydrazone groups is 1. The summed E-state index contributed by atoms with van der Waals surface area (Å²) in [5, 5.41) is 8.75. The van der Waals surface area contributed by atoms with Crippen molar-refractivity contribution >= 4 is 45.8 Å². The van der Waals surface area contributed by atoms with Crippen molar-refractivity contribution in [1.82, 2.24) is 5.01 Å². The molecule has 0 bridgehead atoms. The lowest BCUT2D eigenvalue weighted by atomic mass is 10.1. The van der Waals surface area contributed by atoms with Crippen molar-refractivity contribution in [2.45, 2.75) is 26.7 Å². The van der Waals surface area contributed by atoms with Gasteiger partial charge in [0, 0.05) is 18.2 Å². The third-order valence-electron chi connectivity index (χ3n) is 2.96. The van der Waals surface area contributed by atoms with Crippen molar-refractivity contribution in [2.24, 2.45) is 5.10 Å². The van der Waals surface area contributed by atoms with Crippen LogP contribution in [0.2, 0.25) is 10.0 Å². The topological polar surface area (TPSA) is 32.7 Å². The SMILES string of the molecule is CCCCN1N=C(C)SC1=CC(=O)c1cccc(Cl)c1Cl. The molecule has 1 aromatic rings. The van der Waals surface area contributed by atoms with Gasteiger partial charge >= 0.3 is 0 Å².